The third kappa shape index (κ3) is 3.08. The fraction of sp³-hybridized carbons (Fsp3) is 0.263. The number of benzene rings is 1. The second-order valence-corrected chi connectivity index (χ2v) is 6.08. The number of halogens is 1. The molecule has 0 aliphatic carbocycles. The number of rotatable bonds is 4. The smallest absolute Gasteiger partial charge is 0.258 e. The zero-order valence-corrected chi connectivity index (χ0v) is 14.0. The molecule has 0 bridgehead atoms. The largest absolute Gasteiger partial charge is 0.294 e. The van der Waals surface area contributed by atoms with Crippen LogP contribution in [0.4, 0.5) is 4.39 Å². The van der Waals surface area contributed by atoms with Gasteiger partial charge in [-0.2, -0.15) is 0 Å². The number of aryl methyl sites for hydroxylation is 1. The first-order valence-electron chi connectivity index (χ1n) is 7.90. The zero-order valence-electron chi connectivity index (χ0n) is 14.0. The Balaban J connectivity index is 1.91. The molecule has 3 aromatic rings. The van der Waals surface area contributed by atoms with Crippen molar-refractivity contribution in [2.24, 2.45) is 0 Å². The molecular formula is C19H20FN3O. The third-order valence-corrected chi connectivity index (χ3v) is 4.37. The summed E-state index contributed by atoms with van der Waals surface area (Å²) < 4.78 is 15.5. The molecular weight excluding hydrogens is 305 g/mol. The summed E-state index contributed by atoms with van der Waals surface area (Å²) >= 11 is 0. The van der Waals surface area contributed by atoms with E-state index in [1.54, 1.807) is 22.7 Å². The minimum Gasteiger partial charge on any atom is -0.294 e. The summed E-state index contributed by atoms with van der Waals surface area (Å²) in [6.07, 6.45) is 1.72. The quantitative estimate of drug-likeness (QED) is 0.738. The highest BCUT2D eigenvalue weighted by atomic mass is 19.1. The van der Waals surface area contributed by atoms with Gasteiger partial charge >= 0.3 is 0 Å². The Hall–Kier alpha value is -2.53. The van der Waals surface area contributed by atoms with Crippen LogP contribution in [0.1, 0.15) is 29.8 Å². The molecule has 0 aliphatic rings. The zero-order chi connectivity index (χ0) is 17.3. The number of pyridine rings is 1. The molecule has 0 N–H and O–H groups in total. The predicted octanol–water partition coefficient (Wildman–Crippen LogP) is 3.34. The fourth-order valence-corrected chi connectivity index (χ4v) is 2.83. The van der Waals surface area contributed by atoms with Gasteiger partial charge in [-0.15, -0.1) is 0 Å². The summed E-state index contributed by atoms with van der Waals surface area (Å²) in [5.41, 5.74) is 2.81. The predicted molar refractivity (Wildman–Crippen MR) is 92.5 cm³/mol. The van der Waals surface area contributed by atoms with Gasteiger partial charge in [-0.1, -0.05) is 24.3 Å². The highest BCUT2D eigenvalue weighted by Crippen LogP contribution is 2.22. The van der Waals surface area contributed by atoms with Crippen LogP contribution >= 0.6 is 0 Å². The Labute approximate surface area is 140 Å². The Kier molecular flexibility index (Phi) is 4.44. The van der Waals surface area contributed by atoms with Crippen LogP contribution in [0.5, 0.6) is 0 Å². The van der Waals surface area contributed by atoms with Crippen molar-refractivity contribution in [2.45, 2.75) is 26.4 Å². The minimum absolute atomic E-state index is 0.106. The molecule has 2 aromatic heterocycles. The first kappa shape index (κ1) is 16.3. The monoisotopic (exact) mass is 325 g/mol. The molecule has 24 heavy (non-hydrogen) atoms. The molecule has 0 saturated carbocycles. The summed E-state index contributed by atoms with van der Waals surface area (Å²) in [5.74, 6) is -0.223. The van der Waals surface area contributed by atoms with E-state index < -0.39 is 0 Å². The summed E-state index contributed by atoms with van der Waals surface area (Å²) in [6, 6.07) is 11.9. The van der Waals surface area contributed by atoms with E-state index in [2.05, 4.69) is 4.98 Å². The van der Waals surface area contributed by atoms with E-state index in [-0.39, 0.29) is 17.4 Å². The number of aromatic nitrogens is 2. The van der Waals surface area contributed by atoms with Crippen LogP contribution in [0.15, 0.2) is 53.5 Å². The Bertz CT molecular complexity index is 935. The van der Waals surface area contributed by atoms with E-state index in [0.29, 0.717) is 23.4 Å². The van der Waals surface area contributed by atoms with E-state index in [0.717, 1.165) is 5.56 Å². The summed E-state index contributed by atoms with van der Waals surface area (Å²) in [7, 11) is 1.90. The molecule has 124 valence electrons. The molecule has 1 aromatic carbocycles. The van der Waals surface area contributed by atoms with E-state index >= 15 is 0 Å². The number of fused-ring (bicyclic) bond motifs is 1. The molecule has 4 nitrogen and oxygen atoms in total. The Morgan fingerprint density at radius 3 is 2.75 bits per heavy atom. The van der Waals surface area contributed by atoms with Crippen molar-refractivity contribution in [3.8, 4) is 0 Å². The summed E-state index contributed by atoms with van der Waals surface area (Å²) in [4.78, 5) is 18.9. The van der Waals surface area contributed by atoms with Crippen molar-refractivity contribution in [3.05, 3.63) is 81.7 Å². The second-order valence-electron chi connectivity index (χ2n) is 6.08. The van der Waals surface area contributed by atoms with E-state index in [1.807, 2.05) is 44.0 Å². The topological polar surface area (TPSA) is 37.6 Å². The molecule has 0 radical (unpaired) electrons. The van der Waals surface area contributed by atoms with Crippen LogP contribution in [-0.2, 0) is 6.54 Å². The van der Waals surface area contributed by atoms with Crippen LogP contribution in [0, 0.1) is 12.7 Å². The van der Waals surface area contributed by atoms with Gasteiger partial charge in [-0.3, -0.25) is 14.1 Å². The van der Waals surface area contributed by atoms with Crippen molar-refractivity contribution in [2.75, 3.05) is 7.05 Å². The maximum atomic E-state index is 14.0. The minimum atomic E-state index is -0.223. The van der Waals surface area contributed by atoms with Gasteiger partial charge < -0.3 is 0 Å². The molecule has 0 spiro atoms. The van der Waals surface area contributed by atoms with Crippen LogP contribution in [0.2, 0.25) is 0 Å². The standard InChI is InChI=1S/C19H20FN3O/c1-13-7-6-10-23-18(24)11-15(21-19(13)23)12-22(3)14(2)16-8-4-5-9-17(16)20/h4-11,14H,12H2,1-3H3/t14-/m1/s1. The van der Waals surface area contributed by atoms with E-state index in [1.165, 1.54) is 12.1 Å². The van der Waals surface area contributed by atoms with Crippen LogP contribution < -0.4 is 5.56 Å². The number of hydrogen-bond acceptors (Lipinski definition) is 3. The fourth-order valence-electron chi connectivity index (χ4n) is 2.83. The van der Waals surface area contributed by atoms with Crippen molar-refractivity contribution in [3.63, 3.8) is 0 Å². The Morgan fingerprint density at radius 1 is 1.25 bits per heavy atom. The molecule has 2 heterocycles. The normalized spacial score (nSPS) is 12.7. The Morgan fingerprint density at radius 2 is 2.00 bits per heavy atom. The first-order valence-corrected chi connectivity index (χ1v) is 7.90. The number of hydrogen-bond donors (Lipinski definition) is 0. The number of nitrogens with zero attached hydrogens (tertiary/aromatic N) is 3. The molecule has 3 rings (SSSR count). The van der Waals surface area contributed by atoms with Gasteiger partial charge in [0.1, 0.15) is 11.5 Å². The van der Waals surface area contributed by atoms with Crippen LogP contribution in [-0.4, -0.2) is 21.3 Å². The van der Waals surface area contributed by atoms with E-state index in [4.69, 9.17) is 0 Å². The SMILES string of the molecule is Cc1cccn2c(=O)cc(CN(C)[C@H](C)c3ccccc3F)nc12. The lowest BCUT2D eigenvalue weighted by Crippen LogP contribution is -2.25. The van der Waals surface area contributed by atoms with Gasteiger partial charge in [0.15, 0.2) is 0 Å². The van der Waals surface area contributed by atoms with Gasteiger partial charge in [0, 0.05) is 30.4 Å². The second kappa shape index (κ2) is 6.53. The average Bonchev–Trinajstić information content (AvgIpc) is 2.56. The molecule has 0 fully saturated rings. The van der Waals surface area contributed by atoms with Gasteiger partial charge in [-0.05, 0) is 38.6 Å². The highest BCUT2D eigenvalue weighted by Gasteiger charge is 2.16. The maximum absolute atomic E-state index is 14.0. The van der Waals surface area contributed by atoms with Crippen LogP contribution in [0.3, 0.4) is 0 Å². The van der Waals surface area contributed by atoms with Crippen molar-refractivity contribution >= 4 is 5.65 Å². The third-order valence-electron chi connectivity index (χ3n) is 4.37. The summed E-state index contributed by atoms with van der Waals surface area (Å²) in [6.45, 7) is 4.34. The highest BCUT2D eigenvalue weighted by molar-refractivity contribution is 5.46. The average molecular weight is 325 g/mol. The lowest BCUT2D eigenvalue weighted by molar-refractivity contribution is 0.245. The summed E-state index contributed by atoms with van der Waals surface area (Å²) in [5, 5.41) is 0. The molecule has 0 amide bonds. The molecule has 1 atom stereocenters. The van der Waals surface area contributed by atoms with Gasteiger partial charge in [0.2, 0.25) is 0 Å². The van der Waals surface area contributed by atoms with Crippen molar-refractivity contribution in [1.29, 1.82) is 0 Å². The van der Waals surface area contributed by atoms with Crippen molar-refractivity contribution in [1.82, 2.24) is 14.3 Å². The van der Waals surface area contributed by atoms with Gasteiger partial charge in [0.25, 0.3) is 5.56 Å². The maximum Gasteiger partial charge on any atom is 0.258 e. The van der Waals surface area contributed by atoms with Crippen LogP contribution in [0.25, 0.3) is 5.65 Å². The molecule has 0 unspecified atom stereocenters. The molecule has 0 aliphatic heterocycles. The lowest BCUT2D eigenvalue weighted by atomic mass is 10.1. The molecule has 5 heteroatoms. The molecule has 0 saturated heterocycles. The van der Waals surface area contributed by atoms with Gasteiger partial charge in [0.05, 0.1) is 5.69 Å². The first-order chi connectivity index (χ1) is 11.5. The van der Waals surface area contributed by atoms with E-state index in [9.17, 15) is 9.18 Å². The lowest BCUT2D eigenvalue weighted by Gasteiger charge is -2.25. The van der Waals surface area contributed by atoms with Gasteiger partial charge in [-0.25, -0.2) is 9.37 Å². The van der Waals surface area contributed by atoms with Crippen molar-refractivity contribution < 1.29 is 4.39 Å².